The van der Waals surface area contributed by atoms with E-state index in [1.807, 2.05) is 6.92 Å². The zero-order chi connectivity index (χ0) is 15.8. The van der Waals surface area contributed by atoms with E-state index < -0.39 is 16.9 Å². The van der Waals surface area contributed by atoms with Crippen LogP contribution in [0.3, 0.4) is 0 Å². The van der Waals surface area contributed by atoms with Gasteiger partial charge in [-0.15, -0.1) is 0 Å². The third-order valence-corrected chi connectivity index (χ3v) is 4.92. The van der Waals surface area contributed by atoms with Gasteiger partial charge >= 0.3 is 0 Å². The molecule has 3 unspecified atom stereocenters. The van der Waals surface area contributed by atoms with Crippen molar-refractivity contribution >= 4 is 34.0 Å². The first-order valence-electron chi connectivity index (χ1n) is 6.69. The topological polar surface area (TPSA) is 58.6 Å². The van der Waals surface area contributed by atoms with Gasteiger partial charge in [-0.25, -0.2) is 0 Å². The maximum Gasteiger partial charge on any atom is 0.139 e. The molecule has 1 rings (SSSR count). The summed E-state index contributed by atoms with van der Waals surface area (Å²) < 4.78 is 16.6. The Balaban J connectivity index is 2.23. The molecule has 1 aromatic rings. The molecule has 3 atom stereocenters. The van der Waals surface area contributed by atoms with Crippen LogP contribution in [0.1, 0.15) is 13.3 Å². The van der Waals surface area contributed by atoms with Crippen LogP contribution in [-0.4, -0.2) is 46.6 Å². The molecule has 0 heterocycles. The molecule has 120 valence electrons. The fourth-order valence-electron chi connectivity index (χ4n) is 1.57. The molecule has 0 aromatic heterocycles. The summed E-state index contributed by atoms with van der Waals surface area (Å²) in [6, 6.07) is 4.94. The van der Waals surface area contributed by atoms with Crippen LogP contribution in [0, 0.1) is 0 Å². The van der Waals surface area contributed by atoms with Crippen LogP contribution in [0.4, 0.5) is 0 Å². The Morgan fingerprint density at radius 3 is 2.81 bits per heavy atom. The molecular formula is C14H21Cl2NO3S. The maximum atomic E-state index is 11.2. The zero-order valence-corrected chi connectivity index (χ0v) is 14.5. The van der Waals surface area contributed by atoms with Crippen LogP contribution in [0.2, 0.25) is 10.0 Å². The lowest BCUT2D eigenvalue weighted by Crippen LogP contribution is -2.33. The van der Waals surface area contributed by atoms with Gasteiger partial charge in [0.1, 0.15) is 18.5 Å². The molecule has 21 heavy (non-hydrogen) atoms. The van der Waals surface area contributed by atoms with Gasteiger partial charge in [-0.3, -0.25) is 4.21 Å². The van der Waals surface area contributed by atoms with Gasteiger partial charge in [0.25, 0.3) is 0 Å². The average molecular weight is 354 g/mol. The molecule has 0 saturated heterocycles. The number of ether oxygens (including phenoxy) is 1. The van der Waals surface area contributed by atoms with Gasteiger partial charge in [0.2, 0.25) is 0 Å². The summed E-state index contributed by atoms with van der Waals surface area (Å²) >= 11 is 11.8. The lowest BCUT2D eigenvalue weighted by atomic mass is 10.3. The molecule has 0 aliphatic heterocycles. The van der Waals surface area contributed by atoms with E-state index >= 15 is 0 Å². The van der Waals surface area contributed by atoms with E-state index in [2.05, 4.69) is 5.32 Å². The lowest BCUT2D eigenvalue weighted by Gasteiger charge is -2.15. The quantitative estimate of drug-likeness (QED) is 0.669. The monoisotopic (exact) mass is 353 g/mol. The fraction of sp³-hybridized carbons (Fsp3) is 0.571. The summed E-state index contributed by atoms with van der Waals surface area (Å²) in [5, 5.41) is 14.1. The Labute approximate surface area is 138 Å². The zero-order valence-electron chi connectivity index (χ0n) is 12.1. The van der Waals surface area contributed by atoms with Gasteiger partial charge in [0.05, 0.1) is 5.02 Å². The minimum absolute atomic E-state index is 0.127. The van der Waals surface area contributed by atoms with Gasteiger partial charge in [-0.2, -0.15) is 0 Å². The highest BCUT2D eigenvalue weighted by molar-refractivity contribution is 7.84. The molecule has 1 aromatic carbocycles. The smallest absolute Gasteiger partial charge is 0.139 e. The van der Waals surface area contributed by atoms with E-state index in [4.69, 9.17) is 27.9 Å². The summed E-state index contributed by atoms with van der Waals surface area (Å²) in [7, 11) is -0.812. The molecule has 0 spiro atoms. The second-order valence-electron chi connectivity index (χ2n) is 4.84. The highest BCUT2D eigenvalue weighted by Crippen LogP contribution is 2.27. The average Bonchev–Trinajstić information content (AvgIpc) is 2.44. The molecule has 4 nitrogen and oxygen atoms in total. The second-order valence-corrected chi connectivity index (χ2v) is 7.49. The predicted octanol–water partition coefficient (Wildman–Crippen LogP) is 2.48. The van der Waals surface area contributed by atoms with Crippen molar-refractivity contribution in [3.63, 3.8) is 0 Å². The van der Waals surface area contributed by atoms with Gasteiger partial charge in [0, 0.05) is 39.9 Å². The molecule has 0 radical (unpaired) electrons. The fourth-order valence-corrected chi connectivity index (χ4v) is 2.36. The number of aliphatic hydroxyl groups excluding tert-OH is 1. The van der Waals surface area contributed by atoms with E-state index in [1.165, 1.54) is 0 Å². The SMILES string of the molecule is CC(CCNCC(O)COc1cc(Cl)ccc1Cl)S(C)=O. The first-order valence-corrected chi connectivity index (χ1v) is 9.06. The number of benzene rings is 1. The molecule has 0 fully saturated rings. The molecule has 0 aliphatic carbocycles. The van der Waals surface area contributed by atoms with Crippen molar-refractivity contribution in [3.05, 3.63) is 28.2 Å². The van der Waals surface area contributed by atoms with E-state index in [0.29, 0.717) is 28.9 Å². The summed E-state index contributed by atoms with van der Waals surface area (Å²) in [6.07, 6.45) is 1.85. The number of rotatable bonds is 9. The standard InChI is InChI=1S/C14H21Cl2NO3S/c1-10(21(2)19)5-6-17-8-12(18)9-20-14-7-11(15)3-4-13(14)16/h3-4,7,10,12,17-18H,5-6,8-9H2,1-2H3. The van der Waals surface area contributed by atoms with E-state index in [9.17, 15) is 9.32 Å². The molecular weight excluding hydrogens is 333 g/mol. The number of aliphatic hydroxyl groups is 1. The van der Waals surface area contributed by atoms with Crippen molar-refractivity contribution in [3.8, 4) is 5.75 Å². The minimum atomic E-state index is -0.812. The Morgan fingerprint density at radius 1 is 1.43 bits per heavy atom. The molecule has 2 N–H and O–H groups in total. The summed E-state index contributed by atoms with van der Waals surface area (Å²) in [5.74, 6) is 0.457. The predicted molar refractivity (Wildman–Crippen MR) is 89.0 cm³/mol. The lowest BCUT2D eigenvalue weighted by molar-refractivity contribution is 0.106. The molecule has 0 amide bonds. The number of nitrogens with one attached hydrogen (secondary N) is 1. The minimum Gasteiger partial charge on any atom is -0.489 e. The largest absolute Gasteiger partial charge is 0.489 e. The van der Waals surface area contributed by atoms with E-state index in [1.54, 1.807) is 24.5 Å². The van der Waals surface area contributed by atoms with Crippen LogP contribution in [0.15, 0.2) is 18.2 Å². The first-order chi connectivity index (χ1) is 9.90. The van der Waals surface area contributed by atoms with Crippen LogP contribution < -0.4 is 10.1 Å². The first kappa shape index (κ1) is 18.7. The van der Waals surface area contributed by atoms with Crippen molar-refractivity contribution in [2.45, 2.75) is 24.7 Å². The third-order valence-electron chi connectivity index (χ3n) is 3.00. The number of hydrogen-bond acceptors (Lipinski definition) is 4. The van der Waals surface area contributed by atoms with Gasteiger partial charge in [-0.05, 0) is 25.1 Å². The van der Waals surface area contributed by atoms with Crippen LogP contribution in [0.25, 0.3) is 0 Å². The van der Waals surface area contributed by atoms with Gasteiger partial charge < -0.3 is 15.2 Å². The van der Waals surface area contributed by atoms with Crippen molar-refractivity contribution in [2.24, 2.45) is 0 Å². The molecule has 0 bridgehead atoms. The van der Waals surface area contributed by atoms with Crippen LogP contribution in [0.5, 0.6) is 5.75 Å². The number of hydrogen-bond donors (Lipinski definition) is 2. The Bertz CT molecular complexity index is 474. The van der Waals surface area contributed by atoms with E-state index in [0.717, 1.165) is 6.42 Å². The molecule has 0 saturated carbocycles. The Kier molecular flexibility index (Phi) is 8.59. The van der Waals surface area contributed by atoms with Crippen molar-refractivity contribution in [1.29, 1.82) is 0 Å². The summed E-state index contributed by atoms with van der Waals surface area (Å²) in [6.45, 7) is 3.18. The van der Waals surface area contributed by atoms with Gasteiger partial charge in [0.15, 0.2) is 0 Å². The second kappa shape index (κ2) is 9.64. The number of halogens is 2. The Morgan fingerprint density at radius 2 is 2.14 bits per heavy atom. The highest BCUT2D eigenvalue weighted by Gasteiger charge is 2.09. The normalized spacial score (nSPS) is 15.5. The van der Waals surface area contributed by atoms with Gasteiger partial charge in [-0.1, -0.05) is 30.1 Å². The van der Waals surface area contributed by atoms with Crippen LogP contribution in [-0.2, 0) is 10.8 Å². The summed E-state index contributed by atoms with van der Waals surface area (Å²) in [4.78, 5) is 0. The third kappa shape index (κ3) is 7.47. The highest BCUT2D eigenvalue weighted by atomic mass is 35.5. The van der Waals surface area contributed by atoms with Crippen molar-refractivity contribution in [2.75, 3.05) is 26.0 Å². The van der Waals surface area contributed by atoms with Crippen LogP contribution >= 0.6 is 23.2 Å². The van der Waals surface area contributed by atoms with Crippen molar-refractivity contribution in [1.82, 2.24) is 5.32 Å². The Hall–Kier alpha value is -0.330. The summed E-state index contributed by atoms with van der Waals surface area (Å²) in [5.41, 5.74) is 0. The molecule has 7 heteroatoms. The molecule has 0 aliphatic rings. The van der Waals surface area contributed by atoms with E-state index in [-0.39, 0.29) is 11.9 Å². The maximum absolute atomic E-state index is 11.2. The van der Waals surface area contributed by atoms with Crippen molar-refractivity contribution < 1.29 is 14.1 Å².